The van der Waals surface area contributed by atoms with E-state index in [9.17, 15) is 4.79 Å². The molecule has 0 aliphatic carbocycles. The van der Waals surface area contributed by atoms with Crippen LogP contribution in [0, 0.1) is 5.92 Å². The molecule has 5 heteroatoms. The summed E-state index contributed by atoms with van der Waals surface area (Å²) in [5.41, 5.74) is 1.60. The molecule has 0 spiro atoms. The van der Waals surface area contributed by atoms with Crippen molar-refractivity contribution >= 4 is 23.1 Å². The second kappa shape index (κ2) is 6.22. The van der Waals surface area contributed by atoms with E-state index >= 15 is 0 Å². The summed E-state index contributed by atoms with van der Waals surface area (Å²) in [7, 11) is 0. The Morgan fingerprint density at radius 3 is 2.95 bits per heavy atom. The molecule has 1 heterocycles. The Morgan fingerprint density at radius 1 is 1.42 bits per heavy atom. The molecule has 0 fully saturated rings. The lowest BCUT2D eigenvalue weighted by Gasteiger charge is -2.09. The van der Waals surface area contributed by atoms with Crippen molar-refractivity contribution in [3.05, 3.63) is 24.3 Å². The van der Waals surface area contributed by atoms with E-state index in [4.69, 9.17) is 9.52 Å². The summed E-state index contributed by atoms with van der Waals surface area (Å²) in [5.74, 6) is -0.369. The lowest BCUT2D eigenvalue weighted by Crippen LogP contribution is -2.08. The van der Waals surface area contributed by atoms with Gasteiger partial charge < -0.3 is 14.8 Å². The number of oxazole rings is 1. The normalized spacial score (nSPS) is 12.5. The minimum atomic E-state index is -0.737. The van der Waals surface area contributed by atoms with Crippen LogP contribution in [0.3, 0.4) is 0 Å². The fourth-order valence-electron chi connectivity index (χ4n) is 1.89. The van der Waals surface area contributed by atoms with Crippen molar-refractivity contribution in [2.45, 2.75) is 26.2 Å². The first-order chi connectivity index (χ1) is 9.15. The number of hydrogen-bond donors (Lipinski definition) is 2. The first-order valence-electron chi connectivity index (χ1n) is 6.46. The third-order valence-electron chi connectivity index (χ3n) is 3.06. The number of carboxylic acids is 1. The van der Waals surface area contributed by atoms with Gasteiger partial charge in [0.15, 0.2) is 5.58 Å². The van der Waals surface area contributed by atoms with Crippen LogP contribution in [-0.2, 0) is 4.79 Å². The number of aromatic nitrogens is 1. The monoisotopic (exact) mass is 262 g/mol. The number of aliphatic carboxylic acids is 1. The van der Waals surface area contributed by atoms with Crippen molar-refractivity contribution in [1.82, 2.24) is 4.98 Å². The summed E-state index contributed by atoms with van der Waals surface area (Å²) < 4.78 is 5.53. The van der Waals surface area contributed by atoms with Crippen LogP contribution in [0.4, 0.5) is 6.01 Å². The van der Waals surface area contributed by atoms with Crippen molar-refractivity contribution in [3.63, 3.8) is 0 Å². The van der Waals surface area contributed by atoms with Crippen LogP contribution in [0.5, 0.6) is 0 Å². The van der Waals surface area contributed by atoms with Crippen LogP contribution in [0.1, 0.15) is 26.2 Å². The van der Waals surface area contributed by atoms with Crippen molar-refractivity contribution in [2.24, 2.45) is 5.92 Å². The Hall–Kier alpha value is -2.04. The fraction of sp³-hybridized carbons (Fsp3) is 0.429. The summed E-state index contributed by atoms with van der Waals surface area (Å²) in [5, 5.41) is 11.7. The second-order valence-corrected chi connectivity index (χ2v) is 4.74. The molecular formula is C14H18N2O3. The van der Waals surface area contributed by atoms with Crippen molar-refractivity contribution in [3.8, 4) is 0 Å². The van der Waals surface area contributed by atoms with E-state index in [1.54, 1.807) is 0 Å². The van der Waals surface area contributed by atoms with E-state index in [1.165, 1.54) is 0 Å². The zero-order valence-electron chi connectivity index (χ0n) is 10.9. The van der Waals surface area contributed by atoms with Gasteiger partial charge in [0.1, 0.15) is 5.52 Å². The topological polar surface area (TPSA) is 75.4 Å². The van der Waals surface area contributed by atoms with Crippen LogP contribution < -0.4 is 5.32 Å². The summed E-state index contributed by atoms with van der Waals surface area (Å²) >= 11 is 0. The molecule has 0 aliphatic heterocycles. The molecule has 1 unspecified atom stereocenters. The Morgan fingerprint density at radius 2 is 2.21 bits per heavy atom. The number of carbonyl (C=O) groups is 1. The van der Waals surface area contributed by atoms with Crippen LogP contribution in [-0.4, -0.2) is 22.6 Å². The van der Waals surface area contributed by atoms with E-state index in [0.717, 1.165) is 24.1 Å². The summed E-state index contributed by atoms with van der Waals surface area (Å²) in [6.07, 6.45) is 1.82. The molecule has 2 rings (SSSR count). The molecular weight excluding hydrogens is 244 g/mol. The number of fused-ring (bicyclic) bond motifs is 1. The lowest BCUT2D eigenvalue weighted by molar-refractivity contribution is -0.137. The van der Waals surface area contributed by atoms with Gasteiger partial charge in [0.2, 0.25) is 0 Å². The summed E-state index contributed by atoms with van der Waals surface area (Å²) in [6.45, 7) is 2.78. The Balaban J connectivity index is 1.77. The van der Waals surface area contributed by atoms with Crippen molar-refractivity contribution in [1.29, 1.82) is 0 Å². The number of anilines is 1. The van der Waals surface area contributed by atoms with Gasteiger partial charge in [-0.05, 0) is 30.9 Å². The van der Waals surface area contributed by atoms with Gasteiger partial charge in [-0.1, -0.05) is 19.1 Å². The van der Waals surface area contributed by atoms with Gasteiger partial charge in [0.25, 0.3) is 6.01 Å². The first kappa shape index (κ1) is 13.4. The number of hydrogen-bond acceptors (Lipinski definition) is 4. The predicted molar refractivity (Wildman–Crippen MR) is 73.1 cm³/mol. The van der Waals surface area contributed by atoms with Crippen LogP contribution in [0.15, 0.2) is 28.7 Å². The fourth-order valence-corrected chi connectivity index (χ4v) is 1.89. The second-order valence-electron chi connectivity index (χ2n) is 4.74. The molecule has 1 aromatic heterocycles. The average Bonchev–Trinajstić information content (AvgIpc) is 2.79. The minimum Gasteiger partial charge on any atom is -0.481 e. The zero-order valence-corrected chi connectivity index (χ0v) is 10.9. The Labute approximate surface area is 111 Å². The molecule has 0 bridgehead atoms. The Kier molecular flexibility index (Phi) is 4.39. The number of para-hydroxylation sites is 2. The highest BCUT2D eigenvalue weighted by molar-refractivity contribution is 5.74. The van der Waals surface area contributed by atoms with Gasteiger partial charge in [-0.25, -0.2) is 0 Å². The summed E-state index contributed by atoms with van der Waals surface area (Å²) in [4.78, 5) is 14.8. The zero-order chi connectivity index (χ0) is 13.7. The molecule has 2 N–H and O–H groups in total. The van der Waals surface area contributed by atoms with E-state index in [0.29, 0.717) is 18.4 Å². The van der Waals surface area contributed by atoms with E-state index in [1.807, 2.05) is 24.3 Å². The van der Waals surface area contributed by atoms with Gasteiger partial charge in [-0.3, -0.25) is 4.79 Å². The van der Waals surface area contributed by atoms with Gasteiger partial charge in [0, 0.05) is 13.0 Å². The Bertz CT molecular complexity index is 517. The van der Waals surface area contributed by atoms with Crippen LogP contribution in [0.25, 0.3) is 11.1 Å². The smallest absolute Gasteiger partial charge is 0.303 e. The van der Waals surface area contributed by atoms with Crippen LogP contribution >= 0.6 is 0 Å². The molecule has 102 valence electrons. The van der Waals surface area contributed by atoms with E-state index in [-0.39, 0.29) is 6.42 Å². The molecule has 0 aliphatic rings. The highest BCUT2D eigenvalue weighted by atomic mass is 16.4. The standard InChI is InChI=1S/C14H18N2O3/c1-10(6-7-13(17)18)8-9-15-14-16-11-4-2-3-5-12(11)19-14/h2-5,10H,6-9H2,1H3,(H,15,16)(H,17,18). The maximum Gasteiger partial charge on any atom is 0.303 e. The highest BCUT2D eigenvalue weighted by Crippen LogP contribution is 2.18. The van der Waals surface area contributed by atoms with Gasteiger partial charge in [0.05, 0.1) is 0 Å². The number of benzene rings is 1. The predicted octanol–water partition coefficient (Wildman–Crippen LogP) is 3.13. The van der Waals surface area contributed by atoms with Crippen molar-refractivity contribution in [2.75, 3.05) is 11.9 Å². The number of rotatable bonds is 7. The average molecular weight is 262 g/mol. The van der Waals surface area contributed by atoms with Crippen LogP contribution in [0.2, 0.25) is 0 Å². The summed E-state index contributed by atoms with van der Waals surface area (Å²) in [6, 6.07) is 8.13. The number of carboxylic acid groups (broad SMARTS) is 1. The largest absolute Gasteiger partial charge is 0.481 e. The number of nitrogens with one attached hydrogen (secondary N) is 1. The molecule has 1 atom stereocenters. The quantitative estimate of drug-likeness (QED) is 0.801. The molecule has 2 aromatic rings. The molecule has 0 saturated carbocycles. The first-order valence-corrected chi connectivity index (χ1v) is 6.46. The maximum absolute atomic E-state index is 10.5. The lowest BCUT2D eigenvalue weighted by atomic mass is 10.0. The molecule has 19 heavy (non-hydrogen) atoms. The SMILES string of the molecule is CC(CCNc1nc2ccccc2o1)CCC(=O)O. The van der Waals surface area contributed by atoms with E-state index in [2.05, 4.69) is 17.2 Å². The molecule has 0 amide bonds. The molecule has 0 radical (unpaired) electrons. The molecule has 5 nitrogen and oxygen atoms in total. The maximum atomic E-state index is 10.5. The van der Waals surface area contributed by atoms with Gasteiger partial charge in [-0.15, -0.1) is 0 Å². The molecule has 0 saturated heterocycles. The van der Waals surface area contributed by atoms with Crippen molar-refractivity contribution < 1.29 is 14.3 Å². The highest BCUT2D eigenvalue weighted by Gasteiger charge is 2.07. The number of nitrogens with zero attached hydrogens (tertiary/aromatic N) is 1. The third kappa shape index (κ3) is 3.98. The molecule has 1 aromatic carbocycles. The van der Waals surface area contributed by atoms with Gasteiger partial charge in [-0.2, -0.15) is 4.98 Å². The van der Waals surface area contributed by atoms with E-state index < -0.39 is 5.97 Å². The minimum absolute atomic E-state index is 0.226. The third-order valence-corrected chi connectivity index (χ3v) is 3.06. The van der Waals surface area contributed by atoms with Gasteiger partial charge >= 0.3 is 5.97 Å².